The van der Waals surface area contributed by atoms with E-state index >= 15 is 0 Å². The number of benzene rings is 2. The number of amides is 3. The highest BCUT2D eigenvalue weighted by Gasteiger charge is 2.30. The molecular formula is C45H52N12O4. The van der Waals surface area contributed by atoms with Gasteiger partial charge in [-0.2, -0.15) is 10.1 Å². The van der Waals surface area contributed by atoms with Crippen LogP contribution in [0, 0.1) is 5.92 Å². The van der Waals surface area contributed by atoms with E-state index in [-0.39, 0.29) is 24.4 Å². The Hall–Kier alpha value is -6.39. The van der Waals surface area contributed by atoms with E-state index in [4.69, 9.17) is 4.98 Å². The molecule has 61 heavy (non-hydrogen) atoms. The summed E-state index contributed by atoms with van der Waals surface area (Å²) in [7, 11) is 1.91. The number of piperidine rings is 2. The molecule has 316 valence electrons. The second kappa shape index (κ2) is 16.2. The first kappa shape index (κ1) is 40.0. The van der Waals surface area contributed by atoms with Gasteiger partial charge in [-0.05, 0) is 119 Å². The number of imide groups is 1. The van der Waals surface area contributed by atoms with Crippen LogP contribution in [0.4, 0.5) is 27.9 Å². The number of hydrogen-bond donors (Lipinski definition) is 3. The van der Waals surface area contributed by atoms with Crippen molar-refractivity contribution in [1.82, 2.24) is 44.3 Å². The first-order chi connectivity index (χ1) is 29.4. The van der Waals surface area contributed by atoms with Crippen LogP contribution in [0.2, 0.25) is 0 Å². The Bertz CT molecular complexity index is 2680. The first-order valence-corrected chi connectivity index (χ1v) is 21.2. The molecule has 0 bridgehead atoms. The number of aryl methyl sites for hydroxylation is 1. The Labute approximate surface area is 353 Å². The van der Waals surface area contributed by atoms with Crippen LogP contribution < -0.4 is 26.0 Å². The molecule has 0 aliphatic carbocycles. The summed E-state index contributed by atoms with van der Waals surface area (Å²) < 4.78 is 5.01. The Morgan fingerprint density at radius 1 is 0.934 bits per heavy atom. The lowest BCUT2D eigenvalue weighted by Crippen LogP contribution is -2.49. The van der Waals surface area contributed by atoms with E-state index in [2.05, 4.69) is 72.4 Å². The van der Waals surface area contributed by atoms with Crippen molar-refractivity contribution in [1.29, 1.82) is 0 Å². The molecular weight excluding hydrogens is 773 g/mol. The van der Waals surface area contributed by atoms with Gasteiger partial charge in [0.2, 0.25) is 11.9 Å². The average Bonchev–Trinajstić information content (AvgIpc) is 3.73. The van der Waals surface area contributed by atoms with Gasteiger partial charge in [-0.3, -0.25) is 24.5 Å². The summed E-state index contributed by atoms with van der Waals surface area (Å²) >= 11 is 0. The van der Waals surface area contributed by atoms with Crippen molar-refractivity contribution in [3.63, 3.8) is 0 Å². The summed E-state index contributed by atoms with van der Waals surface area (Å²) in [5.74, 6) is 2.30. The smallest absolute Gasteiger partial charge is 0.329 e. The zero-order valence-electron chi connectivity index (χ0n) is 34.9. The highest BCUT2D eigenvalue weighted by Crippen LogP contribution is 2.35. The number of nitrogens with one attached hydrogen (secondary N) is 2. The highest BCUT2D eigenvalue weighted by molar-refractivity contribution is 6.08. The number of anilines is 4. The standard InChI is InChI=1S/C45H52N12O4/c1-5-20-56-42(59)35-27-46-43(50-40(35)57(56)38-8-6-7-37(48-38)45(2,3)61)47-32-10-12-33(13-11-32)54-23-15-29(16-24-54)28-53-21-17-30(18-22-53)31-9-14-34-36(26-31)52(4)51-41(34)55-25-19-39(58)49-44(55)60/h5-14,26-27,29-30,61H,1,15-25,28H2,2-4H3,(H,46,47,50)(H,49,58,60). The molecule has 0 unspecified atom stereocenters. The molecule has 0 spiro atoms. The van der Waals surface area contributed by atoms with Gasteiger partial charge in [-0.15, -0.1) is 6.58 Å². The van der Waals surface area contributed by atoms with Gasteiger partial charge < -0.3 is 20.2 Å². The Morgan fingerprint density at radius 2 is 1.70 bits per heavy atom. The fourth-order valence-corrected chi connectivity index (χ4v) is 9.04. The molecule has 3 saturated heterocycles. The minimum Gasteiger partial charge on any atom is -0.384 e. The van der Waals surface area contributed by atoms with Crippen LogP contribution in [0.1, 0.15) is 63.1 Å². The van der Waals surface area contributed by atoms with Gasteiger partial charge in [-0.1, -0.05) is 18.2 Å². The van der Waals surface area contributed by atoms with E-state index in [9.17, 15) is 19.5 Å². The van der Waals surface area contributed by atoms with E-state index in [1.54, 1.807) is 47.7 Å². The molecule has 3 fully saturated rings. The van der Waals surface area contributed by atoms with E-state index < -0.39 is 11.6 Å². The lowest BCUT2D eigenvalue weighted by molar-refractivity contribution is -0.120. The topological polar surface area (TPSA) is 172 Å². The quantitative estimate of drug-likeness (QED) is 0.140. The zero-order chi connectivity index (χ0) is 42.4. The van der Waals surface area contributed by atoms with Crippen molar-refractivity contribution < 1.29 is 14.7 Å². The fraction of sp³-hybridized carbons (Fsp3) is 0.400. The Morgan fingerprint density at radius 3 is 2.43 bits per heavy atom. The normalized spacial score (nSPS) is 17.4. The Balaban J connectivity index is 0.790. The number of fused-ring (bicyclic) bond motifs is 2. The van der Waals surface area contributed by atoms with Crippen molar-refractivity contribution in [3.8, 4) is 5.82 Å². The van der Waals surface area contributed by atoms with Crippen molar-refractivity contribution in [3.05, 3.63) is 101 Å². The number of aliphatic hydroxyl groups is 1. The summed E-state index contributed by atoms with van der Waals surface area (Å²) in [5.41, 5.74) is 3.78. The number of likely N-dealkylation sites (tertiary alicyclic amines) is 1. The number of pyridine rings is 1. The number of hydrogen-bond acceptors (Lipinski definition) is 11. The van der Waals surface area contributed by atoms with Crippen molar-refractivity contribution in [2.24, 2.45) is 13.0 Å². The van der Waals surface area contributed by atoms with Crippen LogP contribution in [0.15, 0.2) is 84.3 Å². The second-order valence-electron chi connectivity index (χ2n) is 17.0. The highest BCUT2D eigenvalue weighted by atomic mass is 16.3. The third kappa shape index (κ3) is 8.00. The fourth-order valence-electron chi connectivity index (χ4n) is 9.04. The number of allylic oxidation sites excluding steroid dienone is 1. The zero-order valence-corrected chi connectivity index (χ0v) is 34.9. The monoisotopic (exact) mass is 824 g/mol. The number of urea groups is 1. The maximum Gasteiger partial charge on any atom is 0.329 e. The summed E-state index contributed by atoms with van der Waals surface area (Å²) in [5, 5.41) is 22.3. The third-order valence-corrected chi connectivity index (χ3v) is 12.4. The van der Waals surface area contributed by atoms with E-state index in [0.29, 0.717) is 52.7 Å². The number of nitrogens with zero attached hydrogens (tertiary/aromatic N) is 10. The van der Waals surface area contributed by atoms with Crippen LogP contribution in [0.25, 0.3) is 27.8 Å². The van der Waals surface area contributed by atoms with Crippen LogP contribution in [0.3, 0.4) is 0 Å². The molecule has 6 aromatic rings. The number of rotatable bonds is 11. The predicted octanol–water partition coefficient (Wildman–Crippen LogP) is 5.56. The minimum absolute atomic E-state index is 0.244. The molecule has 3 amide bonds. The third-order valence-electron chi connectivity index (χ3n) is 12.4. The van der Waals surface area contributed by atoms with E-state index in [1.807, 2.05) is 23.9 Å². The first-order valence-electron chi connectivity index (χ1n) is 21.2. The SMILES string of the molecule is C=CCn1c(=O)c2cnc(Nc3ccc(N4CCC(CN5CCC(c6ccc7c(N8CCC(=O)NC8=O)nn(C)c7c6)CC5)CC4)cc3)nc2n1-c1cccc(C(C)(C)O)n1. The molecule has 0 saturated carbocycles. The second-order valence-corrected chi connectivity index (χ2v) is 17.0. The number of aromatic nitrogens is 7. The van der Waals surface area contributed by atoms with Gasteiger partial charge in [-0.25, -0.2) is 24.1 Å². The van der Waals surface area contributed by atoms with E-state index in [1.165, 1.54) is 22.1 Å². The van der Waals surface area contributed by atoms with Gasteiger partial charge in [0.1, 0.15) is 11.0 Å². The molecule has 0 radical (unpaired) electrons. The van der Waals surface area contributed by atoms with E-state index in [0.717, 1.165) is 75.0 Å². The van der Waals surface area contributed by atoms with Crippen LogP contribution in [-0.4, -0.2) is 95.3 Å². The maximum atomic E-state index is 13.4. The van der Waals surface area contributed by atoms with Crippen LogP contribution in [0.5, 0.6) is 0 Å². The molecule has 16 nitrogen and oxygen atoms in total. The summed E-state index contributed by atoms with van der Waals surface area (Å²) in [6.45, 7) is 13.1. The molecule has 3 aliphatic heterocycles. The molecule has 3 aliphatic rings. The van der Waals surface area contributed by atoms with Gasteiger partial charge >= 0.3 is 6.03 Å². The van der Waals surface area contributed by atoms with Crippen LogP contribution >= 0.6 is 0 Å². The number of carbonyl (C=O) groups is 2. The van der Waals surface area contributed by atoms with Crippen molar-refractivity contribution in [2.45, 2.75) is 64.0 Å². The summed E-state index contributed by atoms with van der Waals surface area (Å²) in [6.07, 6.45) is 7.98. The summed E-state index contributed by atoms with van der Waals surface area (Å²) in [6, 6.07) is 19.7. The minimum atomic E-state index is -1.17. The van der Waals surface area contributed by atoms with Gasteiger partial charge in [0.25, 0.3) is 5.56 Å². The van der Waals surface area contributed by atoms with Crippen molar-refractivity contribution in [2.75, 3.05) is 54.4 Å². The van der Waals surface area contributed by atoms with Crippen LogP contribution in [-0.2, 0) is 24.0 Å². The molecule has 9 rings (SSSR count). The average molecular weight is 825 g/mol. The molecule has 7 heterocycles. The number of carbonyl (C=O) groups excluding carboxylic acids is 2. The van der Waals surface area contributed by atoms with Crippen molar-refractivity contribution >= 4 is 57.0 Å². The molecule has 0 atom stereocenters. The molecule has 16 heteroatoms. The van der Waals surface area contributed by atoms with Gasteiger partial charge in [0.05, 0.1) is 17.8 Å². The summed E-state index contributed by atoms with van der Waals surface area (Å²) in [4.78, 5) is 58.2. The van der Waals surface area contributed by atoms with Gasteiger partial charge in [0.15, 0.2) is 17.3 Å². The maximum absolute atomic E-state index is 13.4. The molecule has 4 aromatic heterocycles. The largest absolute Gasteiger partial charge is 0.384 e. The lowest BCUT2D eigenvalue weighted by atomic mass is 9.88. The lowest BCUT2D eigenvalue weighted by Gasteiger charge is -2.38. The Kier molecular flexibility index (Phi) is 10.7. The molecule has 3 N–H and O–H groups in total. The van der Waals surface area contributed by atoms with Gasteiger partial charge in [0, 0.05) is 62.6 Å². The molecule has 2 aromatic carbocycles. The predicted molar refractivity (Wildman–Crippen MR) is 236 cm³/mol.